The summed E-state index contributed by atoms with van der Waals surface area (Å²) in [6, 6.07) is 2.85. The predicted molar refractivity (Wildman–Crippen MR) is 89.5 cm³/mol. The lowest BCUT2D eigenvalue weighted by atomic mass is 10.3. The maximum atomic E-state index is 12.8. The predicted octanol–water partition coefficient (Wildman–Crippen LogP) is 0.294. The Bertz CT molecular complexity index is 773. The molecule has 0 fully saturated rings. The molecule has 0 atom stereocenters. The number of sulfonamides is 1. The Hall–Kier alpha value is -2.73. The van der Waals surface area contributed by atoms with Crippen molar-refractivity contribution in [2.24, 2.45) is 0 Å². The van der Waals surface area contributed by atoms with Gasteiger partial charge in [-0.15, -0.1) is 0 Å². The van der Waals surface area contributed by atoms with Crippen LogP contribution >= 0.6 is 0 Å². The number of hydrogen-bond acceptors (Lipinski definition) is 9. The molecule has 0 bridgehead atoms. The molecule has 11 nitrogen and oxygen atoms in total. The first-order valence-corrected chi connectivity index (χ1v) is 8.92. The summed E-state index contributed by atoms with van der Waals surface area (Å²) >= 11 is 0. The zero-order valence-electron chi connectivity index (χ0n) is 14.2. The van der Waals surface area contributed by atoms with Gasteiger partial charge < -0.3 is 15.2 Å². The van der Waals surface area contributed by atoms with Crippen LogP contribution in [0.3, 0.4) is 0 Å². The summed E-state index contributed by atoms with van der Waals surface area (Å²) in [5, 5.41) is 10.9. The van der Waals surface area contributed by atoms with Crippen LogP contribution in [-0.2, 0) is 29.1 Å². The van der Waals surface area contributed by atoms with E-state index < -0.39 is 50.6 Å². The molecule has 0 unspecified atom stereocenters. The van der Waals surface area contributed by atoms with Crippen LogP contribution in [-0.4, -0.2) is 55.9 Å². The molecular formula is C14H19N3O8S. The van der Waals surface area contributed by atoms with E-state index in [0.29, 0.717) is 4.31 Å². The minimum absolute atomic E-state index is 0.00503. The second kappa shape index (κ2) is 9.10. The second-order valence-corrected chi connectivity index (χ2v) is 6.77. The van der Waals surface area contributed by atoms with E-state index >= 15 is 0 Å². The first-order chi connectivity index (χ1) is 12.1. The molecule has 0 aliphatic heterocycles. The standard InChI is InChI=1S/C14H19N3O8S/c1-3-24-13(18)8-16(9-14(19)25-4-2)26(22,23)12-7-10(17(20)21)5-6-11(12)15/h5-7H,3-4,8-9,15H2,1-2H3. The largest absolute Gasteiger partial charge is 0.465 e. The third-order valence-electron chi connectivity index (χ3n) is 3.05. The monoisotopic (exact) mass is 389 g/mol. The molecule has 2 N–H and O–H groups in total. The fourth-order valence-corrected chi connectivity index (χ4v) is 3.39. The number of carbonyl (C=O) groups excluding carboxylic acids is 2. The third kappa shape index (κ3) is 5.39. The van der Waals surface area contributed by atoms with Gasteiger partial charge in [0.2, 0.25) is 10.0 Å². The number of nitro groups is 1. The molecule has 26 heavy (non-hydrogen) atoms. The van der Waals surface area contributed by atoms with Gasteiger partial charge in [-0.25, -0.2) is 8.42 Å². The van der Waals surface area contributed by atoms with Gasteiger partial charge in [-0.1, -0.05) is 0 Å². The highest BCUT2D eigenvalue weighted by atomic mass is 32.2. The minimum Gasteiger partial charge on any atom is -0.465 e. The quantitative estimate of drug-likeness (QED) is 0.271. The summed E-state index contributed by atoms with van der Waals surface area (Å²) in [7, 11) is -4.51. The fourth-order valence-electron chi connectivity index (χ4n) is 1.93. The summed E-state index contributed by atoms with van der Waals surface area (Å²) in [6.45, 7) is 1.51. The van der Waals surface area contributed by atoms with Gasteiger partial charge in [0.25, 0.3) is 5.69 Å². The number of non-ortho nitro benzene ring substituents is 1. The van der Waals surface area contributed by atoms with Gasteiger partial charge >= 0.3 is 11.9 Å². The van der Waals surface area contributed by atoms with E-state index in [1.54, 1.807) is 0 Å². The number of rotatable bonds is 9. The minimum atomic E-state index is -4.51. The molecule has 0 aliphatic carbocycles. The molecule has 1 aromatic rings. The Balaban J connectivity index is 3.32. The first-order valence-electron chi connectivity index (χ1n) is 7.48. The van der Waals surface area contributed by atoms with Crippen LogP contribution in [0.1, 0.15) is 13.8 Å². The van der Waals surface area contributed by atoms with Crippen molar-refractivity contribution in [2.45, 2.75) is 18.7 Å². The van der Waals surface area contributed by atoms with E-state index in [1.165, 1.54) is 13.8 Å². The van der Waals surface area contributed by atoms with Crippen molar-refractivity contribution in [1.29, 1.82) is 0 Å². The Morgan fingerprint density at radius 1 is 1.15 bits per heavy atom. The maximum absolute atomic E-state index is 12.8. The number of carbonyl (C=O) groups is 2. The SMILES string of the molecule is CCOC(=O)CN(CC(=O)OCC)S(=O)(=O)c1cc([N+](=O)[O-])ccc1N. The van der Waals surface area contributed by atoms with Gasteiger partial charge in [0.05, 0.1) is 23.8 Å². The number of hydrogen-bond donors (Lipinski definition) is 1. The van der Waals surface area contributed by atoms with Crippen molar-refractivity contribution in [2.75, 3.05) is 32.0 Å². The highest BCUT2D eigenvalue weighted by Gasteiger charge is 2.32. The summed E-state index contributed by atoms with van der Waals surface area (Å²) in [5.74, 6) is -1.80. The highest BCUT2D eigenvalue weighted by molar-refractivity contribution is 7.89. The number of anilines is 1. The van der Waals surface area contributed by atoms with E-state index in [4.69, 9.17) is 15.2 Å². The molecule has 0 saturated carbocycles. The molecule has 0 radical (unpaired) electrons. The van der Waals surface area contributed by atoms with Gasteiger partial charge in [-0.2, -0.15) is 4.31 Å². The number of nitro benzene ring substituents is 1. The molecule has 12 heteroatoms. The van der Waals surface area contributed by atoms with Gasteiger partial charge in [0, 0.05) is 12.1 Å². The Morgan fingerprint density at radius 2 is 1.65 bits per heavy atom. The average Bonchev–Trinajstić information content (AvgIpc) is 2.54. The molecule has 0 amide bonds. The van der Waals surface area contributed by atoms with Crippen LogP contribution in [0.25, 0.3) is 0 Å². The van der Waals surface area contributed by atoms with Crippen molar-refractivity contribution in [3.8, 4) is 0 Å². The van der Waals surface area contributed by atoms with Crippen LogP contribution in [0.2, 0.25) is 0 Å². The lowest BCUT2D eigenvalue weighted by Crippen LogP contribution is -2.40. The van der Waals surface area contributed by atoms with Gasteiger partial charge in [-0.05, 0) is 19.9 Å². The van der Waals surface area contributed by atoms with Crippen molar-refractivity contribution < 1.29 is 32.4 Å². The maximum Gasteiger partial charge on any atom is 0.321 e. The molecule has 0 aliphatic rings. The van der Waals surface area contributed by atoms with Crippen LogP contribution in [0, 0.1) is 10.1 Å². The number of nitrogens with two attached hydrogens (primary N) is 1. The number of nitrogen functional groups attached to an aromatic ring is 1. The Labute approximate surface area is 149 Å². The molecule has 0 spiro atoms. The molecule has 0 heterocycles. The van der Waals surface area contributed by atoms with E-state index in [-0.39, 0.29) is 18.9 Å². The van der Waals surface area contributed by atoms with Gasteiger partial charge in [0.1, 0.15) is 18.0 Å². The summed E-state index contributed by atoms with van der Waals surface area (Å²) < 4.78 is 35.5. The molecule has 1 aromatic carbocycles. The topological polar surface area (TPSA) is 159 Å². The van der Waals surface area contributed by atoms with Crippen molar-refractivity contribution in [3.05, 3.63) is 28.3 Å². The van der Waals surface area contributed by atoms with Crippen LogP contribution in [0.5, 0.6) is 0 Å². The molecule has 0 aromatic heterocycles. The summed E-state index contributed by atoms with van der Waals surface area (Å²) in [6.07, 6.45) is 0. The number of ether oxygens (including phenoxy) is 2. The van der Waals surface area contributed by atoms with E-state index in [2.05, 4.69) is 0 Å². The van der Waals surface area contributed by atoms with Crippen molar-refractivity contribution in [1.82, 2.24) is 4.31 Å². The summed E-state index contributed by atoms with van der Waals surface area (Å²) in [4.78, 5) is 32.9. The van der Waals surface area contributed by atoms with E-state index in [9.17, 15) is 28.1 Å². The highest BCUT2D eigenvalue weighted by Crippen LogP contribution is 2.27. The smallest absolute Gasteiger partial charge is 0.321 e. The van der Waals surface area contributed by atoms with Crippen LogP contribution in [0.4, 0.5) is 11.4 Å². The molecule has 0 saturated heterocycles. The second-order valence-electron chi connectivity index (χ2n) is 4.86. The average molecular weight is 389 g/mol. The normalized spacial score (nSPS) is 11.2. The molecular weight excluding hydrogens is 370 g/mol. The zero-order chi connectivity index (χ0) is 19.9. The molecule has 144 valence electrons. The lowest BCUT2D eigenvalue weighted by molar-refractivity contribution is -0.385. The number of benzene rings is 1. The van der Waals surface area contributed by atoms with E-state index in [1.807, 2.05) is 0 Å². The Morgan fingerprint density at radius 3 is 2.08 bits per heavy atom. The van der Waals surface area contributed by atoms with Crippen molar-refractivity contribution in [3.63, 3.8) is 0 Å². The summed E-state index contributed by atoms with van der Waals surface area (Å²) in [5.41, 5.74) is 4.85. The lowest BCUT2D eigenvalue weighted by Gasteiger charge is -2.21. The molecule has 1 rings (SSSR count). The fraction of sp³-hybridized carbons (Fsp3) is 0.429. The van der Waals surface area contributed by atoms with Gasteiger partial charge in [0.15, 0.2) is 0 Å². The third-order valence-corrected chi connectivity index (χ3v) is 4.89. The zero-order valence-corrected chi connectivity index (χ0v) is 15.0. The van der Waals surface area contributed by atoms with Crippen LogP contribution in [0.15, 0.2) is 23.1 Å². The number of nitrogens with zero attached hydrogens (tertiary/aromatic N) is 2. The van der Waals surface area contributed by atoms with Crippen molar-refractivity contribution >= 4 is 33.3 Å². The van der Waals surface area contributed by atoms with Crippen LogP contribution < -0.4 is 5.73 Å². The Kier molecular flexibility index (Phi) is 7.46. The van der Waals surface area contributed by atoms with E-state index in [0.717, 1.165) is 18.2 Å². The first kappa shape index (κ1) is 21.3. The van der Waals surface area contributed by atoms with Gasteiger partial charge in [-0.3, -0.25) is 19.7 Å². The number of esters is 2.